The Morgan fingerprint density at radius 3 is 2.68 bits per heavy atom. The van der Waals surface area contributed by atoms with E-state index in [9.17, 15) is 14.4 Å². The second-order valence-corrected chi connectivity index (χ2v) is 7.93. The highest BCUT2D eigenvalue weighted by Gasteiger charge is 2.39. The van der Waals surface area contributed by atoms with Crippen molar-refractivity contribution in [2.45, 2.75) is 52.1 Å². The lowest BCUT2D eigenvalue weighted by atomic mass is 10.0. The highest BCUT2D eigenvalue weighted by atomic mass is 16.2. The molecule has 1 fully saturated rings. The second-order valence-electron chi connectivity index (χ2n) is 7.93. The first-order chi connectivity index (χ1) is 13.3. The van der Waals surface area contributed by atoms with Crippen molar-refractivity contribution in [1.29, 1.82) is 0 Å². The summed E-state index contributed by atoms with van der Waals surface area (Å²) in [7, 11) is 0. The van der Waals surface area contributed by atoms with E-state index in [2.05, 4.69) is 29.5 Å². The lowest BCUT2D eigenvalue weighted by Gasteiger charge is -2.17. The van der Waals surface area contributed by atoms with Gasteiger partial charge in [-0.15, -0.1) is 0 Å². The van der Waals surface area contributed by atoms with Gasteiger partial charge in [-0.1, -0.05) is 32.0 Å². The number of nitrogens with zero attached hydrogens (tertiary/aromatic N) is 1. The Kier molecular flexibility index (Phi) is 6.02. The topological polar surface area (TPSA) is 94.3 Å². The molecular weight excluding hydrogens is 356 g/mol. The van der Waals surface area contributed by atoms with Crippen molar-refractivity contribution < 1.29 is 14.4 Å². The maximum absolute atomic E-state index is 12.7. The average molecular weight is 384 g/mol. The summed E-state index contributed by atoms with van der Waals surface area (Å²) in [4.78, 5) is 41.3. The quantitative estimate of drug-likeness (QED) is 0.611. The molecular formula is C21H28N4O3. The molecule has 1 aliphatic rings. The van der Waals surface area contributed by atoms with Crippen LogP contribution >= 0.6 is 0 Å². The summed E-state index contributed by atoms with van der Waals surface area (Å²) < 4.78 is 0. The Balaban J connectivity index is 1.58. The molecule has 150 valence electrons. The van der Waals surface area contributed by atoms with Crippen LogP contribution in [0.4, 0.5) is 4.79 Å². The number of hydrogen-bond acceptors (Lipinski definition) is 3. The molecule has 0 bridgehead atoms. The van der Waals surface area contributed by atoms with Crippen molar-refractivity contribution in [3.63, 3.8) is 0 Å². The van der Waals surface area contributed by atoms with Crippen LogP contribution in [0.25, 0.3) is 10.9 Å². The van der Waals surface area contributed by atoms with Crippen LogP contribution in [0.15, 0.2) is 30.5 Å². The minimum absolute atomic E-state index is 0.0117. The SMILES string of the molecule is CC(C)CC[C@H](C)NC(=O)CN1C(=O)N[C@@H](Cc2c[nH]c3ccccc23)C1=O. The van der Waals surface area contributed by atoms with Gasteiger partial charge < -0.3 is 15.6 Å². The van der Waals surface area contributed by atoms with Gasteiger partial charge in [0.25, 0.3) is 5.91 Å². The van der Waals surface area contributed by atoms with Crippen LogP contribution in [0.3, 0.4) is 0 Å². The number of nitrogens with one attached hydrogen (secondary N) is 3. The van der Waals surface area contributed by atoms with E-state index in [4.69, 9.17) is 0 Å². The van der Waals surface area contributed by atoms with Crippen LogP contribution in [0.2, 0.25) is 0 Å². The monoisotopic (exact) mass is 384 g/mol. The number of H-pyrrole nitrogens is 1. The van der Waals surface area contributed by atoms with E-state index in [0.717, 1.165) is 34.2 Å². The molecule has 0 aliphatic carbocycles. The third-order valence-corrected chi connectivity index (χ3v) is 5.09. The van der Waals surface area contributed by atoms with Crippen LogP contribution in [0.1, 0.15) is 39.2 Å². The summed E-state index contributed by atoms with van der Waals surface area (Å²) in [5, 5.41) is 6.60. The smallest absolute Gasteiger partial charge is 0.325 e. The Morgan fingerprint density at radius 1 is 1.18 bits per heavy atom. The number of aromatic amines is 1. The van der Waals surface area contributed by atoms with Crippen molar-refractivity contribution in [2.24, 2.45) is 5.92 Å². The molecule has 1 aromatic heterocycles. The van der Waals surface area contributed by atoms with Crippen molar-refractivity contribution in [3.8, 4) is 0 Å². The molecule has 7 nitrogen and oxygen atoms in total. The van der Waals surface area contributed by atoms with E-state index >= 15 is 0 Å². The molecule has 1 saturated heterocycles. The Morgan fingerprint density at radius 2 is 1.93 bits per heavy atom. The Labute approximate surface area is 164 Å². The standard InChI is InChI=1S/C21H28N4O3/c1-13(2)8-9-14(3)23-19(26)12-25-20(27)18(24-21(25)28)10-15-11-22-17-7-5-4-6-16(15)17/h4-7,11,13-14,18,22H,8-10,12H2,1-3H3,(H,23,26)(H,24,28)/t14-,18-/m0/s1. The van der Waals surface area contributed by atoms with Gasteiger partial charge in [0.05, 0.1) is 0 Å². The molecule has 2 aromatic rings. The van der Waals surface area contributed by atoms with E-state index in [1.165, 1.54) is 0 Å². The van der Waals surface area contributed by atoms with Crippen molar-refractivity contribution >= 4 is 28.7 Å². The fraction of sp³-hybridized carbons (Fsp3) is 0.476. The number of fused-ring (bicyclic) bond motifs is 1. The van der Waals surface area contributed by atoms with Gasteiger partial charge in [-0.25, -0.2) is 4.79 Å². The third-order valence-electron chi connectivity index (χ3n) is 5.09. The number of urea groups is 1. The number of hydrogen-bond donors (Lipinski definition) is 3. The first-order valence-corrected chi connectivity index (χ1v) is 9.81. The minimum Gasteiger partial charge on any atom is -0.361 e. The van der Waals surface area contributed by atoms with Gasteiger partial charge in [-0.05, 0) is 37.3 Å². The number of imide groups is 1. The largest absolute Gasteiger partial charge is 0.361 e. The molecule has 4 amide bonds. The summed E-state index contributed by atoms with van der Waals surface area (Å²) >= 11 is 0. The zero-order valence-corrected chi connectivity index (χ0v) is 16.6. The van der Waals surface area contributed by atoms with Crippen LogP contribution in [-0.2, 0) is 16.0 Å². The summed E-state index contributed by atoms with van der Waals surface area (Å²) in [6.07, 6.45) is 4.12. The molecule has 0 unspecified atom stereocenters. The van der Waals surface area contributed by atoms with Crippen molar-refractivity contribution in [1.82, 2.24) is 20.5 Å². The number of aromatic nitrogens is 1. The van der Waals surface area contributed by atoms with E-state index in [-0.39, 0.29) is 24.4 Å². The number of rotatable bonds is 8. The van der Waals surface area contributed by atoms with Gasteiger partial charge in [-0.2, -0.15) is 0 Å². The minimum atomic E-state index is -0.655. The second kappa shape index (κ2) is 8.46. The predicted octanol–water partition coefficient (Wildman–Crippen LogP) is 2.57. The molecule has 2 heterocycles. The number of amides is 4. The van der Waals surface area contributed by atoms with Crippen LogP contribution in [0, 0.1) is 5.92 Å². The molecule has 28 heavy (non-hydrogen) atoms. The van der Waals surface area contributed by atoms with Gasteiger partial charge in [0.1, 0.15) is 12.6 Å². The van der Waals surface area contributed by atoms with Crippen LogP contribution in [-0.4, -0.2) is 46.4 Å². The maximum Gasteiger partial charge on any atom is 0.325 e. The molecule has 3 N–H and O–H groups in total. The first-order valence-electron chi connectivity index (χ1n) is 9.81. The number of carbonyl (C=O) groups is 3. The molecule has 0 saturated carbocycles. The molecule has 1 aliphatic heterocycles. The third kappa shape index (κ3) is 4.52. The van der Waals surface area contributed by atoms with E-state index in [1.807, 2.05) is 37.4 Å². The zero-order chi connectivity index (χ0) is 20.3. The highest BCUT2D eigenvalue weighted by molar-refractivity contribution is 6.06. The molecule has 0 radical (unpaired) electrons. The normalized spacial score (nSPS) is 18.0. The summed E-state index contributed by atoms with van der Waals surface area (Å²) in [5.74, 6) is -0.108. The number of benzene rings is 1. The fourth-order valence-corrected chi connectivity index (χ4v) is 3.50. The highest BCUT2D eigenvalue weighted by Crippen LogP contribution is 2.21. The molecule has 0 spiro atoms. The van der Waals surface area contributed by atoms with Gasteiger partial charge >= 0.3 is 6.03 Å². The molecule has 3 rings (SSSR count). The maximum atomic E-state index is 12.7. The number of carbonyl (C=O) groups excluding carboxylic acids is 3. The molecule has 2 atom stereocenters. The van der Waals surface area contributed by atoms with E-state index in [1.54, 1.807) is 0 Å². The predicted molar refractivity (Wildman–Crippen MR) is 108 cm³/mol. The summed E-state index contributed by atoms with van der Waals surface area (Å²) in [6.45, 7) is 5.96. The van der Waals surface area contributed by atoms with Gasteiger partial charge in [-0.3, -0.25) is 14.5 Å². The fourth-order valence-electron chi connectivity index (χ4n) is 3.50. The summed E-state index contributed by atoms with van der Waals surface area (Å²) in [5.41, 5.74) is 1.95. The van der Waals surface area contributed by atoms with Gasteiger partial charge in [0.2, 0.25) is 5.91 Å². The van der Waals surface area contributed by atoms with Crippen LogP contribution in [0.5, 0.6) is 0 Å². The van der Waals surface area contributed by atoms with E-state index < -0.39 is 12.1 Å². The Hall–Kier alpha value is -2.83. The van der Waals surface area contributed by atoms with Gasteiger partial charge in [0, 0.05) is 29.6 Å². The van der Waals surface area contributed by atoms with Gasteiger partial charge in [0.15, 0.2) is 0 Å². The van der Waals surface area contributed by atoms with Crippen molar-refractivity contribution in [2.75, 3.05) is 6.54 Å². The lowest BCUT2D eigenvalue weighted by molar-refractivity contribution is -0.132. The summed E-state index contributed by atoms with van der Waals surface area (Å²) in [6, 6.07) is 6.66. The van der Waals surface area contributed by atoms with Crippen molar-refractivity contribution in [3.05, 3.63) is 36.0 Å². The lowest BCUT2D eigenvalue weighted by Crippen LogP contribution is -2.44. The molecule has 7 heteroatoms. The zero-order valence-electron chi connectivity index (χ0n) is 16.6. The van der Waals surface area contributed by atoms with Crippen LogP contribution < -0.4 is 10.6 Å². The molecule has 1 aromatic carbocycles. The average Bonchev–Trinajstić information content (AvgIpc) is 3.17. The number of para-hydroxylation sites is 1. The van der Waals surface area contributed by atoms with E-state index in [0.29, 0.717) is 12.3 Å². The first kappa shape index (κ1) is 19.9. The Bertz CT molecular complexity index is 873.